The fourth-order valence-electron chi connectivity index (χ4n) is 7.29. The van der Waals surface area contributed by atoms with E-state index in [1.165, 1.54) is 12.1 Å². The summed E-state index contributed by atoms with van der Waals surface area (Å²) >= 11 is 0. The normalized spacial score (nSPS) is 13.6. The summed E-state index contributed by atoms with van der Waals surface area (Å²) in [6.45, 7) is 0. The smallest absolute Gasteiger partial charge is 0.238 e. The molecular weight excluding hydrogens is 627 g/mol. The molecule has 0 atom stereocenters. The molecule has 51 heavy (non-hydrogen) atoms. The molecule has 0 amide bonds. The first-order valence-electron chi connectivity index (χ1n) is 19.5. The molecule has 0 saturated heterocycles. The van der Waals surface area contributed by atoms with Crippen LogP contribution in [0.2, 0.25) is 0 Å². The number of benzene rings is 7. The van der Waals surface area contributed by atoms with Gasteiger partial charge in [-0.15, -0.1) is 0 Å². The standard InChI is InChI=1S/C45H27N5O/c1-3-13-28(14-4-1)43-46-44(29-15-5-2-6-16-29)48-45(47-43)50-36-21-11-8-19-33(36)42-38(50)25-24-37-41(42)32-18-7-10-20-35(32)49(37)30-23-26-40-34(27-30)31-17-9-12-22-39(31)51-40/h1-27H/i7D,8D,20D,21D,24D,25D. The predicted octanol–water partition coefficient (Wildman–Crippen LogP) is 11.3. The van der Waals surface area contributed by atoms with Crippen LogP contribution in [0, 0.1) is 0 Å². The third-order valence-corrected chi connectivity index (χ3v) is 9.51. The second-order valence-electron chi connectivity index (χ2n) is 12.4. The topological polar surface area (TPSA) is 61.7 Å². The van der Waals surface area contributed by atoms with Gasteiger partial charge in [-0.1, -0.05) is 115 Å². The lowest BCUT2D eigenvalue weighted by atomic mass is 10.1. The molecule has 0 spiro atoms. The summed E-state index contributed by atoms with van der Waals surface area (Å²) in [6.07, 6.45) is 0. The molecule has 11 aromatic rings. The molecule has 4 aromatic heterocycles. The molecule has 0 radical (unpaired) electrons. The molecule has 7 aromatic carbocycles. The largest absolute Gasteiger partial charge is 0.456 e. The fraction of sp³-hybridized carbons (Fsp3) is 0. The highest BCUT2D eigenvalue weighted by Crippen LogP contribution is 2.43. The van der Waals surface area contributed by atoms with Gasteiger partial charge in [0.2, 0.25) is 5.95 Å². The third-order valence-electron chi connectivity index (χ3n) is 9.51. The summed E-state index contributed by atoms with van der Waals surface area (Å²) in [5, 5.41) is 3.81. The van der Waals surface area contributed by atoms with Crippen molar-refractivity contribution in [3.05, 3.63) is 164 Å². The van der Waals surface area contributed by atoms with E-state index in [0.29, 0.717) is 61.0 Å². The zero-order chi connectivity index (χ0) is 38.7. The molecule has 0 aliphatic rings. The lowest BCUT2D eigenvalue weighted by Crippen LogP contribution is -2.06. The number of fused-ring (bicyclic) bond motifs is 10. The van der Waals surface area contributed by atoms with Crippen molar-refractivity contribution in [2.45, 2.75) is 0 Å². The monoisotopic (exact) mass is 659 g/mol. The highest BCUT2D eigenvalue weighted by atomic mass is 16.3. The number of hydrogen-bond donors (Lipinski definition) is 0. The van der Waals surface area contributed by atoms with Crippen LogP contribution in [-0.4, -0.2) is 24.1 Å². The lowest BCUT2D eigenvalue weighted by Gasteiger charge is -2.11. The van der Waals surface area contributed by atoms with E-state index in [1.54, 1.807) is 16.7 Å². The van der Waals surface area contributed by atoms with Gasteiger partial charge in [0, 0.05) is 49.1 Å². The Morgan fingerprint density at radius 3 is 1.69 bits per heavy atom. The van der Waals surface area contributed by atoms with E-state index in [0.717, 1.165) is 27.5 Å². The summed E-state index contributed by atoms with van der Waals surface area (Å²) in [4.78, 5) is 14.8. The molecule has 0 unspecified atom stereocenters. The number of furan rings is 1. The minimum Gasteiger partial charge on any atom is -0.456 e. The van der Waals surface area contributed by atoms with Gasteiger partial charge in [-0.25, -0.2) is 4.98 Å². The van der Waals surface area contributed by atoms with Crippen LogP contribution in [0.15, 0.2) is 168 Å². The predicted molar refractivity (Wildman–Crippen MR) is 207 cm³/mol. The highest BCUT2D eigenvalue weighted by molar-refractivity contribution is 6.29. The van der Waals surface area contributed by atoms with E-state index in [-0.39, 0.29) is 47.7 Å². The number of rotatable bonds is 4. The third kappa shape index (κ3) is 4.14. The maximum absolute atomic E-state index is 9.80. The van der Waals surface area contributed by atoms with E-state index in [9.17, 15) is 5.48 Å². The van der Waals surface area contributed by atoms with Crippen LogP contribution in [0.25, 0.3) is 100.0 Å². The summed E-state index contributed by atoms with van der Waals surface area (Å²) in [6, 6.07) is 38.7. The van der Waals surface area contributed by atoms with Gasteiger partial charge in [0.25, 0.3) is 0 Å². The SMILES string of the molecule is [2H]c1cc([2H])c2c(c1)c1c3c4cc([2H])cc([2H])c4n(-c4nc(-c5ccccc5)nc(-c5ccccc5)n4)c3c([2H])c([2H])c1n2-c1ccc2oc3ccccc3c2c1. The van der Waals surface area contributed by atoms with Gasteiger partial charge in [0.15, 0.2) is 11.6 Å². The van der Waals surface area contributed by atoms with Crippen molar-refractivity contribution in [1.29, 1.82) is 0 Å². The Bertz CT molecular complexity index is 3430. The summed E-state index contributed by atoms with van der Waals surface area (Å²) in [7, 11) is 0. The van der Waals surface area contributed by atoms with E-state index in [1.807, 2.05) is 108 Å². The maximum Gasteiger partial charge on any atom is 0.238 e. The van der Waals surface area contributed by atoms with Crippen molar-refractivity contribution in [3.8, 4) is 34.4 Å². The van der Waals surface area contributed by atoms with Gasteiger partial charge in [0.1, 0.15) is 11.2 Å². The van der Waals surface area contributed by atoms with E-state index in [4.69, 9.17) is 22.1 Å². The van der Waals surface area contributed by atoms with Crippen LogP contribution in [0.5, 0.6) is 0 Å². The first-order valence-corrected chi connectivity index (χ1v) is 16.5. The van der Waals surface area contributed by atoms with Crippen molar-refractivity contribution >= 4 is 65.6 Å². The Kier molecular flexibility index (Phi) is 4.74. The summed E-state index contributed by atoms with van der Waals surface area (Å²) < 4.78 is 65.3. The molecule has 0 N–H and O–H groups in total. The van der Waals surface area contributed by atoms with Crippen LogP contribution in [0.1, 0.15) is 8.22 Å². The van der Waals surface area contributed by atoms with Crippen LogP contribution >= 0.6 is 0 Å². The van der Waals surface area contributed by atoms with Gasteiger partial charge in [-0.2, -0.15) is 9.97 Å². The molecule has 11 rings (SSSR count). The van der Waals surface area contributed by atoms with Crippen molar-refractivity contribution in [1.82, 2.24) is 24.1 Å². The Labute approximate surface area is 299 Å². The van der Waals surface area contributed by atoms with Crippen molar-refractivity contribution in [3.63, 3.8) is 0 Å². The Hall–Kier alpha value is -7.05. The van der Waals surface area contributed by atoms with E-state index in [2.05, 4.69) is 0 Å². The zero-order valence-electron chi connectivity index (χ0n) is 32.8. The first-order chi connectivity index (χ1) is 27.7. The molecule has 4 heterocycles. The van der Waals surface area contributed by atoms with Gasteiger partial charge < -0.3 is 8.98 Å². The molecule has 6 heteroatoms. The number of para-hydroxylation sites is 3. The van der Waals surface area contributed by atoms with E-state index < -0.39 is 0 Å². The fourth-order valence-corrected chi connectivity index (χ4v) is 7.29. The average Bonchev–Trinajstić information content (AvgIpc) is 3.88. The Morgan fingerprint density at radius 1 is 0.451 bits per heavy atom. The van der Waals surface area contributed by atoms with Gasteiger partial charge in [-0.3, -0.25) is 4.57 Å². The molecule has 6 nitrogen and oxygen atoms in total. The summed E-state index contributed by atoms with van der Waals surface area (Å²) in [5.74, 6) is 0.908. The van der Waals surface area contributed by atoms with Crippen molar-refractivity contribution in [2.75, 3.05) is 0 Å². The second kappa shape index (κ2) is 10.7. The lowest BCUT2D eigenvalue weighted by molar-refractivity contribution is 0.669. The maximum atomic E-state index is 9.80. The van der Waals surface area contributed by atoms with Crippen molar-refractivity contribution in [2.24, 2.45) is 0 Å². The summed E-state index contributed by atoms with van der Waals surface area (Å²) in [5.41, 5.74) is 4.99. The van der Waals surface area contributed by atoms with Crippen LogP contribution in [-0.2, 0) is 0 Å². The number of nitrogens with zero attached hydrogens (tertiary/aromatic N) is 5. The Morgan fingerprint density at radius 2 is 1.02 bits per heavy atom. The first kappa shape index (κ1) is 22.6. The van der Waals surface area contributed by atoms with E-state index >= 15 is 0 Å². The molecule has 0 aliphatic heterocycles. The van der Waals surface area contributed by atoms with Crippen LogP contribution in [0.4, 0.5) is 0 Å². The van der Waals surface area contributed by atoms with Gasteiger partial charge >= 0.3 is 0 Å². The van der Waals surface area contributed by atoms with Gasteiger partial charge in [-0.05, 0) is 48.4 Å². The number of hydrogen-bond acceptors (Lipinski definition) is 4. The molecule has 238 valence electrons. The number of aromatic nitrogens is 5. The van der Waals surface area contributed by atoms with Crippen LogP contribution < -0.4 is 0 Å². The quantitative estimate of drug-likeness (QED) is 0.189. The minimum atomic E-state index is -0.154. The zero-order valence-corrected chi connectivity index (χ0v) is 26.8. The molecule has 0 fully saturated rings. The van der Waals surface area contributed by atoms with Crippen molar-refractivity contribution < 1.29 is 12.6 Å². The second-order valence-corrected chi connectivity index (χ2v) is 12.4. The molecule has 0 aliphatic carbocycles. The highest BCUT2D eigenvalue weighted by Gasteiger charge is 2.23. The average molecular weight is 660 g/mol. The Balaban J connectivity index is 1.33. The molecular formula is C45H27N5O. The van der Waals surface area contributed by atoms with Crippen LogP contribution in [0.3, 0.4) is 0 Å². The molecule has 0 saturated carbocycles. The van der Waals surface area contributed by atoms with Gasteiger partial charge in [0.05, 0.1) is 30.3 Å². The minimum absolute atomic E-state index is 0.0131. The molecule has 0 bridgehead atoms.